The lowest BCUT2D eigenvalue weighted by molar-refractivity contribution is -0.384. The van der Waals surface area contributed by atoms with Crippen LogP contribution in [-0.4, -0.2) is 29.2 Å². The standard InChI is InChI=1S/C33H24ClN3O7S/c1-3-43-32(39)28-29(19-7-5-4-6-8-19)35-33-36(30(28)20-9-12-22(42-2)13-10-20)31(38)27(45-33)18-23-14-16-26(44-23)24-15-11-21(34)17-25(24)37(40)41/h4-18,30H,3H2,1-2H3/b27-18-/t30-/m1/s1. The maximum atomic E-state index is 14.1. The number of fused-ring (bicyclic) bond motifs is 1. The molecule has 2 aromatic heterocycles. The molecule has 3 heterocycles. The Balaban J connectivity index is 1.55. The van der Waals surface area contributed by atoms with Crippen molar-refractivity contribution < 1.29 is 23.6 Å². The Bertz CT molecular complexity index is 2150. The molecular weight excluding hydrogens is 618 g/mol. The molecule has 0 aliphatic carbocycles. The number of nitro benzene ring substituents is 1. The second-order valence-corrected chi connectivity index (χ2v) is 11.3. The molecule has 6 rings (SSSR count). The molecule has 0 unspecified atom stereocenters. The number of rotatable bonds is 8. The summed E-state index contributed by atoms with van der Waals surface area (Å²) in [6, 6.07) is 23.0. The molecule has 0 spiro atoms. The van der Waals surface area contributed by atoms with Crippen molar-refractivity contribution in [2.75, 3.05) is 13.7 Å². The van der Waals surface area contributed by atoms with Crippen molar-refractivity contribution in [2.45, 2.75) is 13.0 Å². The van der Waals surface area contributed by atoms with Gasteiger partial charge in [-0.25, -0.2) is 9.79 Å². The van der Waals surface area contributed by atoms with Crippen molar-refractivity contribution in [1.29, 1.82) is 0 Å². The Kier molecular flexibility index (Phi) is 8.20. The molecule has 3 aromatic carbocycles. The number of halogens is 1. The van der Waals surface area contributed by atoms with Gasteiger partial charge in [0.15, 0.2) is 4.80 Å². The SMILES string of the molecule is CCOC(=O)C1=C(c2ccccc2)N=c2s/c(=C\c3ccc(-c4ccc(Cl)cc4[N+](=O)[O-])o3)c(=O)n2[C@@H]1c1ccc(OC)cc1. The zero-order chi connectivity index (χ0) is 31.7. The van der Waals surface area contributed by atoms with E-state index in [4.69, 9.17) is 30.5 Å². The lowest BCUT2D eigenvalue weighted by Crippen LogP contribution is -2.40. The van der Waals surface area contributed by atoms with Crippen molar-refractivity contribution in [1.82, 2.24) is 4.57 Å². The predicted molar refractivity (Wildman–Crippen MR) is 170 cm³/mol. The normalized spacial score (nSPS) is 14.6. The van der Waals surface area contributed by atoms with Gasteiger partial charge >= 0.3 is 5.97 Å². The van der Waals surface area contributed by atoms with Crippen LogP contribution in [0.1, 0.15) is 29.9 Å². The number of hydrogen-bond donors (Lipinski definition) is 0. The first-order valence-electron chi connectivity index (χ1n) is 13.8. The summed E-state index contributed by atoms with van der Waals surface area (Å²) in [4.78, 5) is 44.0. The third-order valence-electron chi connectivity index (χ3n) is 7.13. The quantitative estimate of drug-likeness (QED) is 0.120. The van der Waals surface area contributed by atoms with Crippen LogP contribution in [-0.2, 0) is 9.53 Å². The van der Waals surface area contributed by atoms with Gasteiger partial charge in [0.1, 0.15) is 17.3 Å². The topological polar surface area (TPSA) is 126 Å². The molecule has 1 atom stereocenters. The van der Waals surface area contributed by atoms with E-state index in [1.165, 1.54) is 22.8 Å². The van der Waals surface area contributed by atoms with Crippen LogP contribution in [0.2, 0.25) is 5.02 Å². The van der Waals surface area contributed by atoms with Crippen LogP contribution < -0.4 is 19.6 Å². The van der Waals surface area contributed by atoms with Crippen molar-refractivity contribution in [3.05, 3.63) is 142 Å². The van der Waals surface area contributed by atoms with Crippen LogP contribution in [0, 0.1) is 10.1 Å². The van der Waals surface area contributed by atoms with Crippen molar-refractivity contribution in [2.24, 2.45) is 4.99 Å². The Labute approximate surface area is 264 Å². The highest BCUT2D eigenvalue weighted by atomic mass is 35.5. The number of esters is 1. The maximum absolute atomic E-state index is 14.1. The number of carbonyl (C=O) groups is 1. The third-order valence-corrected chi connectivity index (χ3v) is 8.35. The van der Waals surface area contributed by atoms with E-state index in [0.29, 0.717) is 33.1 Å². The largest absolute Gasteiger partial charge is 0.497 e. The molecule has 5 aromatic rings. The summed E-state index contributed by atoms with van der Waals surface area (Å²) in [7, 11) is 1.56. The Morgan fingerprint density at radius 3 is 2.56 bits per heavy atom. The first kappa shape index (κ1) is 29.8. The van der Waals surface area contributed by atoms with Crippen LogP contribution in [0.5, 0.6) is 5.75 Å². The van der Waals surface area contributed by atoms with Gasteiger partial charge in [0.2, 0.25) is 0 Å². The van der Waals surface area contributed by atoms with Crippen LogP contribution in [0.3, 0.4) is 0 Å². The monoisotopic (exact) mass is 641 g/mol. The Morgan fingerprint density at radius 1 is 1.11 bits per heavy atom. The van der Waals surface area contributed by atoms with Gasteiger partial charge in [-0.15, -0.1) is 0 Å². The van der Waals surface area contributed by atoms with E-state index < -0.39 is 22.5 Å². The van der Waals surface area contributed by atoms with Gasteiger partial charge in [-0.1, -0.05) is 65.4 Å². The number of nitro groups is 1. The second-order valence-electron chi connectivity index (χ2n) is 9.83. The lowest BCUT2D eigenvalue weighted by atomic mass is 9.93. The molecule has 1 aliphatic rings. The van der Waals surface area contributed by atoms with Crippen molar-refractivity contribution >= 4 is 46.4 Å². The van der Waals surface area contributed by atoms with Crippen LogP contribution in [0.25, 0.3) is 23.1 Å². The van der Waals surface area contributed by atoms with E-state index in [0.717, 1.165) is 11.3 Å². The molecule has 10 nitrogen and oxygen atoms in total. The number of aromatic nitrogens is 1. The van der Waals surface area contributed by atoms with Gasteiger partial charge in [-0.05, 0) is 48.9 Å². The van der Waals surface area contributed by atoms with Crippen molar-refractivity contribution in [3.63, 3.8) is 0 Å². The summed E-state index contributed by atoms with van der Waals surface area (Å²) in [6.07, 6.45) is 1.55. The second kappa shape index (κ2) is 12.4. The van der Waals surface area contributed by atoms with Gasteiger partial charge in [-0.2, -0.15) is 0 Å². The van der Waals surface area contributed by atoms with E-state index in [-0.39, 0.29) is 38.7 Å². The molecule has 0 saturated heterocycles. The minimum absolute atomic E-state index is 0.136. The highest BCUT2D eigenvalue weighted by molar-refractivity contribution is 7.07. The summed E-state index contributed by atoms with van der Waals surface area (Å²) < 4.78 is 18.5. The van der Waals surface area contributed by atoms with Crippen LogP contribution in [0.4, 0.5) is 5.69 Å². The molecular formula is C33H24ClN3O7S. The molecule has 12 heteroatoms. The maximum Gasteiger partial charge on any atom is 0.338 e. The number of nitrogens with zero attached hydrogens (tertiary/aromatic N) is 3. The summed E-state index contributed by atoms with van der Waals surface area (Å²) in [5, 5.41) is 11.9. The molecule has 226 valence electrons. The summed E-state index contributed by atoms with van der Waals surface area (Å²) in [5.74, 6) is 0.568. The summed E-state index contributed by atoms with van der Waals surface area (Å²) >= 11 is 7.11. The molecule has 45 heavy (non-hydrogen) atoms. The molecule has 0 amide bonds. The third kappa shape index (κ3) is 5.70. The van der Waals surface area contributed by atoms with Gasteiger partial charge in [0, 0.05) is 22.7 Å². The minimum Gasteiger partial charge on any atom is -0.497 e. The van der Waals surface area contributed by atoms with Crippen LogP contribution >= 0.6 is 22.9 Å². The van der Waals surface area contributed by atoms with Gasteiger partial charge in [-0.3, -0.25) is 19.5 Å². The number of carbonyl (C=O) groups excluding carboxylic acids is 1. The molecule has 1 aliphatic heterocycles. The van der Waals surface area contributed by atoms with E-state index >= 15 is 0 Å². The zero-order valence-electron chi connectivity index (χ0n) is 23.9. The van der Waals surface area contributed by atoms with E-state index in [1.807, 2.05) is 30.3 Å². The Hall–Kier alpha value is -5.26. The number of furan rings is 1. The highest BCUT2D eigenvalue weighted by Crippen LogP contribution is 2.36. The highest BCUT2D eigenvalue weighted by Gasteiger charge is 2.35. The number of thiazole rings is 1. The van der Waals surface area contributed by atoms with E-state index in [2.05, 4.69) is 0 Å². The average Bonchev–Trinajstić information content (AvgIpc) is 3.64. The Morgan fingerprint density at radius 2 is 1.87 bits per heavy atom. The number of methoxy groups -OCH3 is 1. The van der Waals surface area contributed by atoms with Crippen LogP contribution in [0.15, 0.2) is 105 Å². The smallest absolute Gasteiger partial charge is 0.338 e. The van der Waals surface area contributed by atoms with E-state index in [1.54, 1.807) is 56.5 Å². The fourth-order valence-electron chi connectivity index (χ4n) is 5.11. The van der Waals surface area contributed by atoms with Gasteiger partial charge in [0.25, 0.3) is 11.2 Å². The first-order chi connectivity index (χ1) is 21.8. The molecule has 0 bridgehead atoms. The fraction of sp³-hybridized carbons (Fsp3) is 0.121. The molecule has 0 fully saturated rings. The summed E-state index contributed by atoms with van der Waals surface area (Å²) in [5.41, 5.74) is 1.62. The lowest BCUT2D eigenvalue weighted by Gasteiger charge is -2.26. The predicted octanol–water partition coefficient (Wildman–Crippen LogP) is 5.77. The first-order valence-corrected chi connectivity index (χ1v) is 14.9. The molecule has 0 radical (unpaired) electrons. The zero-order valence-corrected chi connectivity index (χ0v) is 25.5. The number of benzene rings is 3. The molecule has 0 N–H and O–H groups in total. The fourth-order valence-corrected chi connectivity index (χ4v) is 6.26. The number of ether oxygens (including phenoxy) is 2. The summed E-state index contributed by atoms with van der Waals surface area (Å²) in [6.45, 7) is 1.85. The van der Waals surface area contributed by atoms with Gasteiger partial charge in [0.05, 0.1) is 46.0 Å². The number of hydrogen-bond acceptors (Lipinski definition) is 9. The molecule has 0 saturated carbocycles. The average molecular weight is 642 g/mol. The van der Waals surface area contributed by atoms with Gasteiger partial charge < -0.3 is 13.9 Å². The van der Waals surface area contributed by atoms with Crippen molar-refractivity contribution in [3.8, 4) is 17.1 Å². The minimum atomic E-state index is -0.854. The van der Waals surface area contributed by atoms with E-state index in [9.17, 15) is 19.7 Å².